The summed E-state index contributed by atoms with van der Waals surface area (Å²) in [4.78, 5) is 36.6. The minimum absolute atomic E-state index is 0.000360. The molecule has 0 aliphatic heterocycles. The highest BCUT2D eigenvalue weighted by atomic mass is 32.1. The monoisotopic (exact) mass is 626 g/mol. The molecule has 6 N–H and O–H groups in total. The largest absolute Gasteiger partial charge is 0.354 e. The molecule has 2 rings (SSSR count). The van der Waals surface area contributed by atoms with Crippen LogP contribution in [0.5, 0.6) is 0 Å². The standard InChI is InChI=1S/C17H27N3O2.C17H27N3OS/c2*1-12(2)10-15(16(21)18-11-13(3)4)20-17(22)19-14-8-6-5-7-9-14/h2*5-9,12-13,15H,10-11H2,1-4H3,(H,18,21)(H2,19,20,22). The molecule has 2 aromatic rings. The van der Waals surface area contributed by atoms with Crippen LogP contribution in [0.3, 0.4) is 0 Å². The fourth-order valence-corrected chi connectivity index (χ4v) is 4.22. The van der Waals surface area contributed by atoms with E-state index in [9.17, 15) is 14.4 Å². The van der Waals surface area contributed by atoms with Gasteiger partial charge < -0.3 is 31.9 Å². The number of hydrogen-bond acceptors (Lipinski definition) is 4. The van der Waals surface area contributed by atoms with Crippen molar-refractivity contribution in [2.24, 2.45) is 23.7 Å². The van der Waals surface area contributed by atoms with Crippen molar-refractivity contribution >= 4 is 46.6 Å². The summed E-state index contributed by atoms with van der Waals surface area (Å²) in [6, 6.07) is 17.7. The van der Waals surface area contributed by atoms with E-state index >= 15 is 0 Å². The third-order valence-electron chi connectivity index (χ3n) is 6.09. The summed E-state index contributed by atoms with van der Waals surface area (Å²) < 4.78 is 0. The van der Waals surface area contributed by atoms with Crippen molar-refractivity contribution in [3.05, 3.63) is 60.7 Å². The van der Waals surface area contributed by atoms with Gasteiger partial charge in [-0.05, 0) is 73.0 Å². The van der Waals surface area contributed by atoms with Crippen molar-refractivity contribution < 1.29 is 14.4 Å². The SMILES string of the molecule is CC(C)CNC(=O)C(CC(C)C)NC(=O)Nc1ccccc1.CC(C)CNC(=O)C(CC(C)C)NC(=S)Nc1ccccc1. The lowest BCUT2D eigenvalue weighted by atomic mass is 10.0. The second-order valence-electron chi connectivity index (χ2n) is 12.6. The summed E-state index contributed by atoms with van der Waals surface area (Å²) in [6.07, 6.45) is 1.34. The summed E-state index contributed by atoms with van der Waals surface area (Å²) in [7, 11) is 0. The predicted molar refractivity (Wildman–Crippen MR) is 187 cm³/mol. The number of para-hydroxylation sites is 2. The van der Waals surface area contributed by atoms with Crippen LogP contribution in [0, 0.1) is 23.7 Å². The second-order valence-corrected chi connectivity index (χ2v) is 13.0. The van der Waals surface area contributed by atoms with E-state index in [2.05, 4.69) is 59.6 Å². The molecule has 10 heteroatoms. The third kappa shape index (κ3) is 18.1. The Morgan fingerprint density at radius 2 is 0.955 bits per heavy atom. The van der Waals surface area contributed by atoms with E-state index in [1.54, 1.807) is 12.1 Å². The van der Waals surface area contributed by atoms with Gasteiger partial charge in [0.2, 0.25) is 11.8 Å². The van der Waals surface area contributed by atoms with Crippen molar-refractivity contribution in [3.63, 3.8) is 0 Å². The molecule has 2 atom stereocenters. The summed E-state index contributed by atoms with van der Waals surface area (Å²) >= 11 is 5.32. The molecule has 0 aromatic heterocycles. The molecule has 2 aromatic carbocycles. The van der Waals surface area contributed by atoms with Crippen molar-refractivity contribution in [2.45, 2.75) is 80.3 Å². The summed E-state index contributed by atoms with van der Waals surface area (Å²) in [5.74, 6) is 1.39. The molecular formula is C34H54N6O3S. The highest BCUT2D eigenvalue weighted by molar-refractivity contribution is 7.80. The highest BCUT2D eigenvalue weighted by Crippen LogP contribution is 2.09. The first kappa shape index (κ1) is 38.4. The maximum absolute atomic E-state index is 12.3. The zero-order valence-electron chi connectivity index (χ0n) is 27.7. The van der Waals surface area contributed by atoms with Crippen molar-refractivity contribution in [1.82, 2.24) is 21.3 Å². The predicted octanol–water partition coefficient (Wildman–Crippen LogP) is 6.15. The number of rotatable bonds is 14. The number of hydrogen-bond donors (Lipinski definition) is 6. The molecule has 244 valence electrons. The first-order valence-electron chi connectivity index (χ1n) is 15.6. The van der Waals surface area contributed by atoms with Gasteiger partial charge in [-0.1, -0.05) is 91.8 Å². The van der Waals surface area contributed by atoms with E-state index in [-0.39, 0.29) is 23.9 Å². The van der Waals surface area contributed by atoms with Crippen LogP contribution in [-0.4, -0.2) is 48.1 Å². The molecule has 0 bridgehead atoms. The molecule has 44 heavy (non-hydrogen) atoms. The number of carbonyl (C=O) groups is 3. The van der Waals surface area contributed by atoms with Crippen LogP contribution in [0.1, 0.15) is 68.2 Å². The molecule has 2 unspecified atom stereocenters. The van der Waals surface area contributed by atoms with Crippen molar-refractivity contribution in [2.75, 3.05) is 23.7 Å². The Kier molecular flexibility index (Phi) is 18.4. The molecule has 0 fully saturated rings. The van der Waals surface area contributed by atoms with Crippen LogP contribution >= 0.6 is 12.2 Å². The number of benzene rings is 2. The lowest BCUT2D eigenvalue weighted by molar-refractivity contribution is -0.124. The fraction of sp³-hybridized carbons (Fsp3) is 0.529. The van der Waals surface area contributed by atoms with Crippen LogP contribution in [0.25, 0.3) is 0 Å². The van der Waals surface area contributed by atoms with Gasteiger partial charge in [0.1, 0.15) is 12.1 Å². The zero-order valence-corrected chi connectivity index (χ0v) is 28.5. The molecule has 0 spiro atoms. The van der Waals surface area contributed by atoms with E-state index < -0.39 is 6.04 Å². The quantitative estimate of drug-likeness (QED) is 0.140. The lowest BCUT2D eigenvalue weighted by Gasteiger charge is -2.22. The van der Waals surface area contributed by atoms with Gasteiger partial charge >= 0.3 is 6.03 Å². The van der Waals surface area contributed by atoms with Gasteiger partial charge in [-0.25, -0.2) is 4.79 Å². The Labute approximate surface area is 270 Å². The van der Waals surface area contributed by atoms with Gasteiger partial charge in [0.15, 0.2) is 5.11 Å². The molecule has 0 saturated carbocycles. The van der Waals surface area contributed by atoms with Gasteiger partial charge in [0.05, 0.1) is 0 Å². The normalized spacial score (nSPS) is 12.1. The van der Waals surface area contributed by atoms with Gasteiger partial charge in [0, 0.05) is 24.5 Å². The second kappa shape index (κ2) is 21.1. The van der Waals surface area contributed by atoms with Crippen LogP contribution in [0.2, 0.25) is 0 Å². The number of carbonyl (C=O) groups excluding carboxylic acids is 3. The van der Waals surface area contributed by atoms with Crippen molar-refractivity contribution in [3.8, 4) is 0 Å². The van der Waals surface area contributed by atoms with Gasteiger partial charge in [-0.2, -0.15) is 0 Å². The average molecular weight is 627 g/mol. The molecule has 0 radical (unpaired) electrons. The van der Waals surface area contributed by atoms with E-state index in [1.165, 1.54) is 0 Å². The number of amides is 4. The Morgan fingerprint density at radius 1 is 0.568 bits per heavy atom. The number of thiocarbonyl (C=S) groups is 1. The first-order chi connectivity index (χ1) is 20.8. The molecule has 0 saturated heterocycles. The number of nitrogens with one attached hydrogen (secondary N) is 6. The molecule has 0 aliphatic carbocycles. The number of anilines is 2. The zero-order chi connectivity index (χ0) is 33.1. The Hall–Kier alpha value is -3.66. The summed E-state index contributed by atoms with van der Waals surface area (Å²) in [5, 5.41) is 18.0. The average Bonchev–Trinajstić information content (AvgIpc) is 2.94. The lowest BCUT2D eigenvalue weighted by Crippen LogP contribution is -2.49. The smallest absolute Gasteiger partial charge is 0.319 e. The van der Waals surface area contributed by atoms with E-state index in [4.69, 9.17) is 12.2 Å². The molecule has 4 amide bonds. The maximum Gasteiger partial charge on any atom is 0.319 e. The Balaban J connectivity index is 0.000000440. The Morgan fingerprint density at radius 3 is 1.34 bits per heavy atom. The third-order valence-corrected chi connectivity index (χ3v) is 6.31. The molecule has 0 heterocycles. The van der Waals surface area contributed by atoms with E-state index in [0.717, 1.165) is 12.1 Å². The Bertz CT molecular complexity index is 1040. The minimum Gasteiger partial charge on any atom is -0.354 e. The first-order valence-corrected chi connectivity index (χ1v) is 16.0. The summed E-state index contributed by atoms with van der Waals surface area (Å²) in [6.45, 7) is 17.7. The van der Waals surface area contributed by atoms with Crippen LogP contribution < -0.4 is 31.9 Å². The van der Waals surface area contributed by atoms with Crippen molar-refractivity contribution in [1.29, 1.82) is 0 Å². The summed E-state index contributed by atoms with van der Waals surface area (Å²) in [5.41, 5.74) is 1.61. The number of urea groups is 1. The van der Waals surface area contributed by atoms with Crippen LogP contribution in [0.4, 0.5) is 16.2 Å². The van der Waals surface area contributed by atoms with Crippen LogP contribution in [-0.2, 0) is 9.59 Å². The molecule has 0 aliphatic rings. The maximum atomic E-state index is 12.3. The van der Waals surface area contributed by atoms with Gasteiger partial charge in [-0.15, -0.1) is 0 Å². The van der Waals surface area contributed by atoms with E-state index in [0.29, 0.717) is 54.0 Å². The topological polar surface area (TPSA) is 123 Å². The molecular weight excluding hydrogens is 572 g/mol. The van der Waals surface area contributed by atoms with E-state index in [1.807, 2.05) is 76.2 Å². The fourth-order valence-electron chi connectivity index (χ4n) is 3.96. The van der Waals surface area contributed by atoms with Gasteiger partial charge in [-0.3, -0.25) is 9.59 Å². The van der Waals surface area contributed by atoms with Gasteiger partial charge in [0.25, 0.3) is 0 Å². The molecule has 9 nitrogen and oxygen atoms in total. The highest BCUT2D eigenvalue weighted by Gasteiger charge is 2.22. The minimum atomic E-state index is -0.525. The van der Waals surface area contributed by atoms with Crippen LogP contribution in [0.15, 0.2) is 60.7 Å².